The van der Waals surface area contributed by atoms with Crippen molar-refractivity contribution in [3.8, 4) is 0 Å². The van der Waals surface area contributed by atoms with Gasteiger partial charge in [0, 0.05) is 5.92 Å². The smallest absolute Gasteiger partial charge is 0.338 e. The topological polar surface area (TPSA) is 37.3 Å². The Morgan fingerprint density at radius 1 is 1.89 bits per heavy atom. The van der Waals surface area contributed by atoms with Gasteiger partial charge in [-0.2, -0.15) is 0 Å². The zero-order valence-electron chi connectivity index (χ0n) is 5.17. The van der Waals surface area contributed by atoms with Crippen LogP contribution in [-0.4, -0.2) is 17.2 Å². The monoisotopic (exact) mass is 132 g/mol. The van der Waals surface area contributed by atoms with Gasteiger partial charge in [0.25, 0.3) is 0 Å². The molecule has 1 N–H and O–H groups in total. The van der Waals surface area contributed by atoms with E-state index in [1.807, 2.05) is 0 Å². The lowest BCUT2D eigenvalue weighted by Crippen LogP contribution is -2.20. The first-order chi connectivity index (χ1) is 4.09. The largest absolute Gasteiger partial charge is 0.479 e. The van der Waals surface area contributed by atoms with Gasteiger partial charge in [0.15, 0.2) is 0 Å². The number of rotatable bonds is 3. The van der Waals surface area contributed by atoms with Crippen LogP contribution in [0.25, 0.3) is 0 Å². The Labute approximate surface area is 53.0 Å². The molecule has 2 nitrogen and oxygen atoms in total. The van der Waals surface area contributed by atoms with Crippen molar-refractivity contribution in [2.75, 3.05) is 0 Å². The minimum absolute atomic E-state index is 0.609. The zero-order chi connectivity index (χ0) is 7.44. The molecule has 0 spiro atoms. The quantitative estimate of drug-likeness (QED) is 0.586. The van der Waals surface area contributed by atoms with Gasteiger partial charge in [-0.15, -0.1) is 6.58 Å². The van der Waals surface area contributed by atoms with E-state index in [0.29, 0.717) is 0 Å². The lowest BCUT2D eigenvalue weighted by atomic mass is 10.1. The predicted molar refractivity (Wildman–Crippen MR) is 31.9 cm³/mol. The van der Waals surface area contributed by atoms with Gasteiger partial charge in [0.05, 0.1) is 0 Å². The average Bonchev–Trinajstić information content (AvgIpc) is 1.84. The fraction of sp³-hybridized carbons (Fsp3) is 0.500. The Kier molecular flexibility index (Phi) is 2.91. The van der Waals surface area contributed by atoms with Crippen LogP contribution in [-0.2, 0) is 4.79 Å². The molecule has 2 atom stereocenters. The summed E-state index contributed by atoms with van der Waals surface area (Å²) in [5.74, 6) is -2.04. The van der Waals surface area contributed by atoms with Crippen molar-refractivity contribution >= 4 is 5.97 Å². The SMILES string of the molecule is C=C[C@@H](C)[C@H](F)C(=O)O. The molecule has 0 aliphatic rings. The molecule has 0 saturated carbocycles. The minimum Gasteiger partial charge on any atom is -0.479 e. The van der Waals surface area contributed by atoms with E-state index in [-0.39, 0.29) is 0 Å². The molecular weight excluding hydrogens is 123 g/mol. The third kappa shape index (κ3) is 2.26. The van der Waals surface area contributed by atoms with Crippen LogP contribution in [0, 0.1) is 5.92 Å². The Morgan fingerprint density at radius 2 is 2.33 bits per heavy atom. The summed E-state index contributed by atoms with van der Waals surface area (Å²) in [4.78, 5) is 9.88. The van der Waals surface area contributed by atoms with Crippen LogP contribution < -0.4 is 0 Å². The first-order valence-electron chi connectivity index (χ1n) is 2.59. The molecule has 0 bridgehead atoms. The Bertz CT molecular complexity index is 122. The molecule has 0 saturated heterocycles. The van der Waals surface area contributed by atoms with Gasteiger partial charge in [0.1, 0.15) is 0 Å². The second-order valence-electron chi connectivity index (χ2n) is 1.83. The maximum absolute atomic E-state index is 12.2. The zero-order valence-corrected chi connectivity index (χ0v) is 5.17. The minimum atomic E-state index is -1.82. The number of carbonyl (C=O) groups is 1. The highest BCUT2D eigenvalue weighted by atomic mass is 19.1. The Morgan fingerprint density at radius 3 is 2.44 bits per heavy atom. The first kappa shape index (κ1) is 8.14. The maximum Gasteiger partial charge on any atom is 0.338 e. The fourth-order valence-corrected chi connectivity index (χ4v) is 0.344. The van der Waals surface area contributed by atoms with Crippen molar-refractivity contribution in [3.05, 3.63) is 12.7 Å². The van der Waals surface area contributed by atoms with Gasteiger partial charge in [-0.05, 0) is 0 Å². The summed E-state index contributed by atoms with van der Waals surface area (Å²) in [6.45, 7) is 4.72. The molecule has 0 unspecified atom stereocenters. The molecule has 0 aliphatic carbocycles. The standard InChI is InChI=1S/C6H9FO2/c1-3-4(2)5(7)6(8)9/h3-5H,1H2,2H3,(H,8,9)/t4-,5+/m1/s1. The third-order valence-corrected chi connectivity index (χ3v) is 1.07. The molecule has 9 heavy (non-hydrogen) atoms. The van der Waals surface area contributed by atoms with Crippen molar-refractivity contribution < 1.29 is 14.3 Å². The molecule has 0 aromatic heterocycles. The van der Waals surface area contributed by atoms with E-state index in [4.69, 9.17) is 5.11 Å². The van der Waals surface area contributed by atoms with Gasteiger partial charge in [-0.3, -0.25) is 0 Å². The van der Waals surface area contributed by atoms with Crippen LogP contribution >= 0.6 is 0 Å². The Balaban J connectivity index is 3.86. The number of hydrogen-bond donors (Lipinski definition) is 1. The second-order valence-corrected chi connectivity index (χ2v) is 1.83. The van der Waals surface area contributed by atoms with Crippen molar-refractivity contribution in [2.45, 2.75) is 13.1 Å². The summed E-state index contributed by atoms with van der Waals surface area (Å²) < 4.78 is 12.2. The molecule has 0 radical (unpaired) electrons. The van der Waals surface area contributed by atoms with Crippen LogP contribution in [0.4, 0.5) is 4.39 Å². The second kappa shape index (κ2) is 3.22. The van der Waals surface area contributed by atoms with E-state index in [0.717, 1.165) is 0 Å². The van der Waals surface area contributed by atoms with Crippen LogP contribution in [0.2, 0.25) is 0 Å². The number of hydrogen-bond acceptors (Lipinski definition) is 1. The molecule has 0 aromatic rings. The predicted octanol–water partition coefficient (Wildman–Crippen LogP) is 1.23. The summed E-state index contributed by atoms with van der Waals surface area (Å²) in [6, 6.07) is 0. The highest BCUT2D eigenvalue weighted by molar-refractivity contribution is 5.72. The Hall–Kier alpha value is -0.860. The van der Waals surface area contributed by atoms with E-state index >= 15 is 0 Å². The highest BCUT2D eigenvalue weighted by Crippen LogP contribution is 2.07. The molecule has 52 valence electrons. The summed E-state index contributed by atoms with van der Waals surface area (Å²) in [7, 11) is 0. The van der Waals surface area contributed by atoms with Crippen molar-refractivity contribution in [2.24, 2.45) is 5.92 Å². The molecule has 0 heterocycles. The number of alkyl halides is 1. The van der Waals surface area contributed by atoms with Gasteiger partial charge >= 0.3 is 5.97 Å². The summed E-state index contributed by atoms with van der Waals surface area (Å²) in [5.41, 5.74) is 0. The number of carboxylic acids is 1. The summed E-state index contributed by atoms with van der Waals surface area (Å²) in [5, 5.41) is 8.06. The lowest BCUT2D eigenvalue weighted by Gasteiger charge is -2.05. The number of carboxylic acid groups (broad SMARTS) is 1. The van der Waals surface area contributed by atoms with E-state index in [2.05, 4.69) is 6.58 Å². The highest BCUT2D eigenvalue weighted by Gasteiger charge is 2.20. The molecular formula is C6H9FO2. The molecule has 0 aliphatic heterocycles. The number of aliphatic carboxylic acids is 1. The van der Waals surface area contributed by atoms with Crippen LogP contribution in [0.1, 0.15) is 6.92 Å². The van der Waals surface area contributed by atoms with Gasteiger partial charge in [-0.1, -0.05) is 13.0 Å². The van der Waals surface area contributed by atoms with Gasteiger partial charge in [0.2, 0.25) is 6.17 Å². The summed E-state index contributed by atoms with van der Waals surface area (Å²) >= 11 is 0. The van der Waals surface area contributed by atoms with Crippen molar-refractivity contribution in [1.29, 1.82) is 0 Å². The van der Waals surface area contributed by atoms with Crippen LogP contribution in [0.5, 0.6) is 0 Å². The van der Waals surface area contributed by atoms with Crippen LogP contribution in [0.15, 0.2) is 12.7 Å². The van der Waals surface area contributed by atoms with Gasteiger partial charge < -0.3 is 5.11 Å². The van der Waals surface area contributed by atoms with Crippen LogP contribution in [0.3, 0.4) is 0 Å². The number of halogens is 1. The normalized spacial score (nSPS) is 16.2. The molecule has 0 fully saturated rings. The molecule has 0 rings (SSSR count). The van der Waals surface area contributed by atoms with E-state index in [9.17, 15) is 9.18 Å². The van der Waals surface area contributed by atoms with E-state index in [1.165, 1.54) is 13.0 Å². The summed E-state index contributed by atoms with van der Waals surface area (Å²) in [6.07, 6.45) is -0.541. The lowest BCUT2D eigenvalue weighted by molar-refractivity contribution is -0.143. The van der Waals surface area contributed by atoms with Gasteiger partial charge in [-0.25, -0.2) is 9.18 Å². The molecule has 0 amide bonds. The number of allylic oxidation sites excluding steroid dienone is 1. The maximum atomic E-state index is 12.2. The van der Waals surface area contributed by atoms with E-state index in [1.54, 1.807) is 0 Å². The third-order valence-electron chi connectivity index (χ3n) is 1.07. The average molecular weight is 132 g/mol. The molecule has 3 heteroatoms. The van der Waals surface area contributed by atoms with Crippen molar-refractivity contribution in [1.82, 2.24) is 0 Å². The molecule has 0 aromatic carbocycles. The van der Waals surface area contributed by atoms with E-state index < -0.39 is 18.1 Å². The first-order valence-corrected chi connectivity index (χ1v) is 2.59. The fourth-order valence-electron chi connectivity index (χ4n) is 0.344. The van der Waals surface area contributed by atoms with Crippen molar-refractivity contribution in [3.63, 3.8) is 0 Å².